The van der Waals surface area contributed by atoms with Crippen LogP contribution in [0.1, 0.15) is 64.7 Å². The van der Waals surface area contributed by atoms with Crippen LogP contribution in [-0.2, 0) is 16.0 Å². The number of carbonyl (C=O) groups is 2. The van der Waals surface area contributed by atoms with Gasteiger partial charge in [0.2, 0.25) is 0 Å². The van der Waals surface area contributed by atoms with Crippen molar-refractivity contribution in [2.45, 2.75) is 39.0 Å². The average Bonchev–Trinajstić information content (AvgIpc) is 3.39. The SMILES string of the molecule is CC(C)c1ccccc1NC(=O)COC(=O)c1c2c(nc3ccccc13)/C(=C\c1cccs1)CCC2. The number of benzene rings is 2. The van der Waals surface area contributed by atoms with E-state index in [1.54, 1.807) is 11.3 Å². The number of amides is 1. The molecule has 1 amide bonds. The maximum Gasteiger partial charge on any atom is 0.339 e. The zero-order valence-electron chi connectivity index (χ0n) is 20.4. The molecule has 1 aliphatic carbocycles. The highest BCUT2D eigenvalue weighted by molar-refractivity contribution is 7.10. The van der Waals surface area contributed by atoms with Gasteiger partial charge in [-0.05, 0) is 71.5 Å². The molecule has 1 aliphatic rings. The minimum absolute atomic E-state index is 0.259. The maximum atomic E-state index is 13.4. The molecule has 2 heterocycles. The summed E-state index contributed by atoms with van der Waals surface area (Å²) in [6.45, 7) is 3.79. The number of thiophene rings is 1. The maximum absolute atomic E-state index is 13.4. The van der Waals surface area contributed by atoms with Crippen molar-refractivity contribution in [2.75, 3.05) is 11.9 Å². The predicted octanol–water partition coefficient (Wildman–Crippen LogP) is 7.09. The highest BCUT2D eigenvalue weighted by atomic mass is 32.1. The van der Waals surface area contributed by atoms with E-state index in [2.05, 4.69) is 36.7 Å². The molecule has 36 heavy (non-hydrogen) atoms. The van der Waals surface area contributed by atoms with Gasteiger partial charge in [0.1, 0.15) is 0 Å². The van der Waals surface area contributed by atoms with Gasteiger partial charge in [-0.2, -0.15) is 0 Å². The van der Waals surface area contributed by atoms with E-state index in [0.717, 1.165) is 63.1 Å². The molecular formula is C30H28N2O3S. The van der Waals surface area contributed by atoms with Gasteiger partial charge in [-0.15, -0.1) is 11.3 Å². The lowest BCUT2D eigenvalue weighted by molar-refractivity contribution is -0.119. The van der Waals surface area contributed by atoms with Crippen LogP contribution in [-0.4, -0.2) is 23.5 Å². The molecule has 0 saturated carbocycles. The van der Waals surface area contributed by atoms with Crippen LogP contribution in [0.4, 0.5) is 5.69 Å². The van der Waals surface area contributed by atoms with Crippen LogP contribution in [0.25, 0.3) is 22.6 Å². The molecule has 1 N–H and O–H groups in total. The fourth-order valence-corrected chi connectivity index (χ4v) is 5.44. The zero-order chi connectivity index (χ0) is 25.1. The third kappa shape index (κ3) is 4.95. The number of rotatable bonds is 6. The Balaban J connectivity index is 1.43. The largest absolute Gasteiger partial charge is 0.452 e. The van der Waals surface area contributed by atoms with Gasteiger partial charge in [0.25, 0.3) is 5.91 Å². The summed E-state index contributed by atoms with van der Waals surface area (Å²) < 4.78 is 5.58. The molecule has 0 aliphatic heterocycles. The number of pyridine rings is 1. The summed E-state index contributed by atoms with van der Waals surface area (Å²) in [4.78, 5) is 32.2. The fraction of sp³-hybridized carbons (Fsp3) is 0.233. The number of aromatic nitrogens is 1. The van der Waals surface area contributed by atoms with Gasteiger partial charge in [-0.1, -0.05) is 56.3 Å². The Hall–Kier alpha value is -3.77. The number of allylic oxidation sites excluding steroid dienone is 1. The van der Waals surface area contributed by atoms with E-state index in [0.29, 0.717) is 5.56 Å². The molecule has 5 nitrogen and oxygen atoms in total. The van der Waals surface area contributed by atoms with Gasteiger partial charge < -0.3 is 10.1 Å². The number of para-hydroxylation sites is 2. The van der Waals surface area contributed by atoms with Crippen molar-refractivity contribution < 1.29 is 14.3 Å². The van der Waals surface area contributed by atoms with Crippen LogP contribution in [0.15, 0.2) is 66.0 Å². The normalized spacial score (nSPS) is 14.1. The summed E-state index contributed by atoms with van der Waals surface area (Å²) in [5.74, 6) is -0.591. The molecule has 0 bridgehead atoms. The highest BCUT2D eigenvalue weighted by Gasteiger charge is 2.26. The second-order valence-electron chi connectivity index (χ2n) is 9.24. The molecule has 0 spiro atoms. The summed E-state index contributed by atoms with van der Waals surface area (Å²) in [5.41, 5.74) is 5.93. The number of fused-ring (bicyclic) bond motifs is 2. The number of nitrogens with zero attached hydrogens (tertiary/aromatic N) is 1. The van der Waals surface area contributed by atoms with E-state index >= 15 is 0 Å². The lowest BCUT2D eigenvalue weighted by Crippen LogP contribution is -2.23. The first kappa shape index (κ1) is 23.9. The number of hydrogen-bond acceptors (Lipinski definition) is 5. The van der Waals surface area contributed by atoms with Crippen LogP contribution >= 0.6 is 11.3 Å². The second kappa shape index (κ2) is 10.5. The van der Waals surface area contributed by atoms with Crippen LogP contribution in [0.2, 0.25) is 0 Å². The van der Waals surface area contributed by atoms with Gasteiger partial charge in [-0.25, -0.2) is 9.78 Å². The lowest BCUT2D eigenvalue weighted by Gasteiger charge is -2.22. The molecule has 0 radical (unpaired) electrons. The number of carbonyl (C=O) groups excluding carboxylic acids is 2. The van der Waals surface area contributed by atoms with Crippen LogP contribution in [0.5, 0.6) is 0 Å². The third-order valence-electron chi connectivity index (χ3n) is 6.43. The van der Waals surface area contributed by atoms with Crippen molar-refractivity contribution in [1.82, 2.24) is 4.98 Å². The summed E-state index contributed by atoms with van der Waals surface area (Å²) in [7, 11) is 0. The molecule has 4 aromatic rings. The topological polar surface area (TPSA) is 68.3 Å². The van der Waals surface area contributed by atoms with Gasteiger partial charge in [0.05, 0.1) is 16.8 Å². The predicted molar refractivity (Wildman–Crippen MR) is 146 cm³/mol. The van der Waals surface area contributed by atoms with E-state index in [1.165, 1.54) is 0 Å². The average molecular weight is 497 g/mol. The Morgan fingerprint density at radius 2 is 1.86 bits per heavy atom. The molecule has 0 unspecified atom stereocenters. The minimum atomic E-state index is -0.491. The Kier molecular flexibility index (Phi) is 6.96. The summed E-state index contributed by atoms with van der Waals surface area (Å²) in [6.07, 6.45) is 4.74. The van der Waals surface area contributed by atoms with E-state index < -0.39 is 5.97 Å². The van der Waals surface area contributed by atoms with Crippen molar-refractivity contribution in [3.8, 4) is 0 Å². The minimum Gasteiger partial charge on any atom is -0.452 e. The monoisotopic (exact) mass is 496 g/mol. The molecule has 2 aromatic carbocycles. The van der Waals surface area contributed by atoms with Gasteiger partial charge >= 0.3 is 5.97 Å². The number of nitrogens with one attached hydrogen (secondary N) is 1. The molecule has 182 valence electrons. The summed E-state index contributed by atoms with van der Waals surface area (Å²) >= 11 is 1.68. The Morgan fingerprint density at radius 1 is 1.06 bits per heavy atom. The Labute approximate surface area is 214 Å². The van der Waals surface area contributed by atoms with Gasteiger partial charge in [-0.3, -0.25) is 4.79 Å². The molecule has 6 heteroatoms. The smallest absolute Gasteiger partial charge is 0.339 e. The van der Waals surface area contributed by atoms with Crippen molar-refractivity contribution in [2.24, 2.45) is 0 Å². The number of ether oxygens (including phenoxy) is 1. The lowest BCUT2D eigenvalue weighted by atomic mass is 9.86. The van der Waals surface area contributed by atoms with Crippen LogP contribution < -0.4 is 5.32 Å². The van der Waals surface area contributed by atoms with Crippen molar-refractivity contribution in [3.05, 3.63) is 93.3 Å². The standard InChI is InChI=1S/C30H28N2O3S/c1-19(2)22-11-3-5-14-25(22)31-27(33)18-35-30(34)28-23-12-4-6-15-26(23)32-29-20(9-7-13-24(28)29)17-21-10-8-16-36-21/h3-6,8,10-12,14-17,19H,7,9,13,18H2,1-2H3,(H,31,33)/b20-17-. The Bertz CT molecular complexity index is 1450. The van der Waals surface area contributed by atoms with Gasteiger partial charge in [0.15, 0.2) is 6.61 Å². The first-order valence-corrected chi connectivity index (χ1v) is 13.1. The quantitative estimate of drug-likeness (QED) is 0.289. The third-order valence-corrected chi connectivity index (χ3v) is 7.24. The first-order chi connectivity index (χ1) is 17.5. The zero-order valence-corrected chi connectivity index (χ0v) is 21.2. The number of esters is 1. The van der Waals surface area contributed by atoms with Crippen molar-refractivity contribution in [3.63, 3.8) is 0 Å². The van der Waals surface area contributed by atoms with Crippen LogP contribution in [0, 0.1) is 0 Å². The number of anilines is 1. The van der Waals surface area contributed by atoms with E-state index in [1.807, 2.05) is 54.6 Å². The van der Waals surface area contributed by atoms with Gasteiger partial charge in [0, 0.05) is 16.0 Å². The summed E-state index contributed by atoms with van der Waals surface area (Å²) in [5, 5.41) is 5.70. The summed E-state index contributed by atoms with van der Waals surface area (Å²) in [6, 6.07) is 19.4. The molecule has 0 fully saturated rings. The fourth-order valence-electron chi connectivity index (χ4n) is 4.76. The molecule has 0 atom stereocenters. The Morgan fingerprint density at radius 3 is 2.67 bits per heavy atom. The molecule has 5 rings (SSSR count). The molecule has 0 saturated heterocycles. The van der Waals surface area contributed by atoms with Crippen molar-refractivity contribution in [1.29, 1.82) is 0 Å². The van der Waals surface area contributed by atoms with E-state index in [9.17, 15) is 9.59 Å². The second-order valence-corrected chi connectivity index (χ2v) is 10.2. The first-order valence-electron chi connectivity index (χ1n) is 12.2. The molecule has 2 aromatic heterocycles. The van der Waals surface area contributed by atoms with Crippen LogP contribution in [0.3, 0.4) is 0 Å². The van der Waals surface area contributed by atoms with E-state index in [4.69, 9.17) is 9.72 Å². The molecular weight excluding hydrogens is 468 g/mol. The highest BCUT2D eigenvalue weighted by Crippen LogP contribution is 2.37. The number of hydrogen-bond donors (Lipinski definition) is 1. The van der Waals surface area contributed by atoms with Crippen molar-refractivity contribution >= 4 is 51.5 Å². The van der Waals surface area contributed by atoms with E-state index in [-0.39, 0.29) is 18.4 Å².